The number of benzene rings is 3. The molecule has 250 valence electrons. The fraction of sp³-hybridized carbons (Fsp3) is 0.314. The quantitative estimate of drug-likeness (QED) is 0.0684. The zero-order valence-electron chi connectivity index (χ0n) is 25.8. The Kier molecular flexibility index (Phi) is 13.0. The summed E-state index contributed by atoms with van der Waals surface area (Å²) in [6.45, 7) is 2.64. The monoisotopic (exact) mass is 689 g/mol. The van der Waals surface area contributed by atoms with Gasteiger partial charge in [0.2, 0.25) is 11.8 Å². The van der Waals surface area contributed by atoms with E-state index in [1.54, 1.807) is 18.2 Å². The molecule has 5 rings (SSSR count). The van der Waals surface area contributed by atoms with Gasteiger partial charge in [-0.2, -0.15) is 0 Å². The van der Waals surface area contributed by atoms with Crippen LogP contribution in [0.1, 0.15) is 51.9 Å². The zero-order chi connectivity index (χ0) is 33.4. The number of carboxylic acids is 1. The van der Waals surface area contributed by atoms with Gasteiger partial charge < -0.3 is 30.0 Å². The van der Waals surface area contributed by atoms with Crippen LogP contribution in [-0.2, 0) is 14.4 Å². The Labute approximate surface area is 306 Å². The van der Waals surface area contributed by atoms with Crippen LogP contribution < -0.4 is 24.8 Å². The topological polar surface area (TPSA) is 136 Å². The summed E-state index contributed by atoms with van der Waals surface area (Å²) in [6, 6.07) is 14.3. The van der Waals surface area contributed by atoms with Crippen molar-refractivity contribution in [3.8, 4) is 23.0 Å². The summed E-state index contributed by atoms with van der Waals surface area (Å²) in [5.41, 5.74) is -0.229. The second-order valence-corrected chi connectivity index (χ2v) is 11.2. The average molecular weight is 690 g/mol. The standard InChI is InChI=1S/C35H35F2N3O7.Ca.2H/c1-2-45-30-20-25-27(21-31(30)46-18-6-4-3-5-7-32(41)42)38-17-14-28(25)47-29-13-12-24(19-26(29)37)40-34(44)35(15-16-35)33(43)39-23-10-8-22(36)9-11-23;;;/h8-14,17,19-21H,2-7,15-16,18H2,1H3,(H,39,43)(H,40,44)(H,41,42);;;. The number of fused-ring (bicyclic) bond motifs is 1. The Bertz CT molecular complexity index is 1770. The third-order valence-electron chi connectivity index (χ3n) is 7.74. The van der Waals surface area contributed by atoms with E-state index in [4.69, 9.17) is 19.3 Å². The van der Waals surface area contributed by atoms with Crippen LogP contribution in [0.25, 0.3) is 10.9 Å². The molecule has 1 aromatic heterocycles. The molecule has 3 aromatic carbocycles. The fourth-order valence-electron chi connectivity index (χ4n) is 5.01. The number of hydrogen-bond acceptors (Lipinski definition) is 7. The maximum absolute atomic E-state index is 15.3. The van der Waals surface area contributed by atoms with Crippen LogP contribution in [0, 0.1) is 17.0 Å². The number of aromatic nitrogens is 1. The number of nitrogens with zero attached hydrogens (tertiary/aromatic N) is 1. The van der Waals surface area contributed by atoms with Crippen LogP contribution in [0.5, 0.6) is 23.0 Å². The molecule has 1 heterocycles. The third-order valence-corrected chi connectivity index (χ3v) is 7.74. The first-order chi connectivity index (χ1) is 22.7. The van der Waals surface area contributed by atoms with E-state index in [2.05, 4.69) is 15.6 Å². The second-order valence-electron chi connectivity index (χ2n) is 11.2. The molecule has 1 aliphatic carbocycles. The minimum absolute atomic E-state index is 0. The number of halogens is 2. The van der Waals surface area contributed by atoms with E-state index >= 15 is 4.39 Å². The normalized spacial score (nSPS) is 12.8. The summed E-state index contributed by atoms with van der Waals surface area (Å²) in [6.07, 6.45) is 5.35. The number of unbranched alkanes of at least 4 members (excludes halogenated alkanes) is 3. The van der Waals surface area contributed by atoms with Crippen molar-refractivity contribution in [2.24, 2.45) is 5.41 Å². The molecule has 0 bridgehead atoms. The van der Waals surface area contributed by atoms with Gasteiger partial charge in [-0.3, -0.25) is 19.4 Å². The van der Waals surface area contributed by atoms with Crippen molar-refractivity contribution in [1.82, 2.24) is 4.98 Å². The number of rotatable bonds is 16. The van der Waals surface area contributed by atoms with Crippen LogP contribution in [0.15, 0.2) is 66.9 Å². The molecule has 0 aliphatic heterocycles. The fourth-order valence-corrected chi connectivity index (χ4v) is 5.01. The van der Waals surface area contributed by atoms with Crippen molar-refractivity contribution < 1.29 is 42.5 Å². The number of carboxylic acid groups (broad SMARTS) is 1. The summed E-state index contributed by atoms with van der Waals surface area (Å²) in [5, 5.41) is 14.6. The Morgan fingerprint density at radius 1 is 0.812 bits per heavy atom. The van der Waals surface area contributed by atoms with Crippen LogP contribution in [-0.4, -0.2) is 78.8 Å². The van der Waals surface area contributed by atoms with E-state index in [1.807, 2.05) is 6.92 Å². The number of aliphatic carboxylic acids is 1. The number of anilines is 2. The molecular formula is C35H37CaF2N3O7. The van der Waals surface area contributed by atoms with Crippen molar-refractivity contribution in [3.63, 3.8) is 0 Å². The molecule has 0 unspecified atom stereocenters. The van der Waals surface area contributed by atoms with Gasteiger partial charge in [0.05, 0.1) is 18.7 Å². The van der Waals surface area contributed by atoms with Gasteiger partial charge in [-0.15, -0.1) is 0 Å². The summed E-state index contributed by atoms with van der Waals surface area (Å²) >= 11 is 0. The summed E-state index contributed by atoms with van der Waals surface area (Å²) < 4.78 is 46.2. The van der Waals surface area contributed by atoms with Crippen molar-refractivity contribution in [3.05, 3.63) is 78.5 Å². The Morgan fingerprint density at radius 3 is 2.15 bits per heavy atom. The molecular weight excluding hydrogens is 652 g/mol. The first kappa shape index (κ1) is 36.8. The Hall–Kier alpha value is -4.00. The van der Waals surface area contributed by atoms with Crippen LogP contribution in [0.2, 0.25) is 0 Å². The molecule has 0 atom stereocenters. The molecule has 10 nitrogen and oxygen atoms in total. The average Bonchev–Trinajstić information content (AvgIpc) is 3.86. The van der Waals surface area contributed by atoms with Gasteiger partial charge in [0.15, 0.2) is 23.1 Å². The molecule has 4 aromatic rings. The molecule has 0 saturated heterocycles. The molecule has 0 spiro atoms. The van der Waals surface area contributed by atoms with E-state index in [0.29, 0.717) is 66.3 Å². The van der Waals surface area contributed by atoms with E-state index in [-0.39, 0.29) is 55.6 Å². The van der Waals surface area contributed by atoms with Gasteiger partial charge in [0, 0.05) is 41.5 Å². The van der Waals surface area contributed by atoms with Gasteiger partial charge in [0.25, 0.3) is 0 Å². The van der Waals surface area contributed by atoms with Crippen molar-refractivity contribution in [1.29, 1.82) is 0 Å². The molecule has 1 aliphatic rings. The van der Waals surface area contributed by atoms with E-state index < -0.39 is 34.8 Å². The van der Waals surface area contributed by atoms with Gasteiger partial charge in [-0.05, 0) is 81.1 Å². The van der Waals surface area contributed by atoms with Crippen LogP contribution in [0.3, 0.4) is 0 Å². The summed E-state index contributed by atoms with van der Waals surface area (Å²) in [4.78, 5) is 41.0. The minimum atomic E-state index is -1.29. The summed E-state index contributed by atoms with van der Waals surface area (Å²) in [5.74, 6) is -1.85. The summed E-state index contributed by atoms with van der Waals surface area (Å²) in [7, 11) is 0. The number of pyridine rings is 1. The third kappa shape index (κ3) is 9.33. The Balaban J connectivity index is 0.00000520. The zero-order valence-corrected chi connectivity index (χ0v) is 25.8. The van der Waals surface area contributed by atoms with Gasteiger partial charge in [-0.25, -0.2) is 8.78 Å². The maximum atomic E-state index is 15.3. The number of hydrogen-bond donors (Lipinski definition) is 3. The van der Waals surface area contributed by atoms with Crippen molar-refractivity contribution >= 4 is 77.8 Å². The molecule has 1 fully saturated rings. The van der Waals surface area contributed by atoms with Crippen LogP contribution in [0.4, 0.5) is 20.2 Å². The molecule has 3 N–H and O–H groups in total. The predicted molar refractivity (Wildman–Crippen MR) is 179 cm³/mol. The number of carbonyl (C=O) groups is 3. The first-order valence-electron chi connectivity index (χ1n) is 15.4. The predicted octanol–water partition coefficient (Wildman–Crippen LogP) is 6.56. The number of nitrogens with one attached hydrogen (secondary N) is 2. The van der Waals surface area contributed by atoms with Gasteiger partial charge >= 0.3 is 43.7 Å². The molecule has 0 radical (unpaired) electrons. The van der Waals surface area contributed by atoms with Crippen LogP contribution >= 0.6 is 0 Å². The molecule has 2 amide bonds. The van der Waals surface area contributed by atoms with Gasteiger partial charge in [0.1, 0.15) is 17.0 Å². The van der Waals surface area contributed by atoms with Gasteiger partial charge in [-0.1, -0.05) is 12.8 Å². The number of carbonyl (C=O) groups excluding carboxylic acids is 2. The van der Waals surface area contributed by atoms with E-state index in [9.17, 15) is 18.8 Å². The Morgan fingerprint density at radius 2 is 1.48 bits per heavy atom. The molecule has 13 heteroatoms. The molecule has 1 saturated carbocycles. The number of amides is 2. The number of ether oxygens (including phenoxy) is 3. The second kappa shape index (κ2) is 16.9. The van der Waals surface area contributed by atoms with Crippen molar-refractivity contribution in [2.75, 3.05) is 23.8 Å². The first-order valence-corrected chi connectivity index (χ1v) is 15.4. The van der Waals surface area contributed by atoms with E-state index in [1.165, 1.54) is 42.6 Å². The van der Waals surface area contributed by atoms with Crippen molar-refractivity contribution in [2.45, 2.75) is 51.9 Å². The SMILES string of the molecule is CCOc1cc2c(Oc3ccc(NC(=O)C4(C(=O)Nc5ccc(F)cc5)CC4)cc3F)ccnc2cc1OCCCCCCC(=O)O.[CaH2]. The van der Waals surface area contributed by atoms with E-state index in [0.717, 1.165) is 25.3 Å². The molecule has 48 heavy (non-hydrogen) atoms.